The second kappa shape index (κ2) is 3.49. The zero-order valence-corrected chi connectivity index (χ0v) is 6.62. The molecule has 0 heteroatoms. The molecule has 0 rings (SSSR count). The van der Waals surface area contributed by atoms with Crippen molar-refractivity contribution in [2.24, 2.45) is 0 Å². The first-order valence-corrected chi connectivity index (χ1v) is 3.16. The lowest BCUT2D eigenvalue weighted by molar-refractivity contribution is 1.02. The fraction of sp³-hybridized carbons (Fsp3) is 0.444. The van der Waals surface area contributed by atoms with Crippen LogP contribution < -0.4 is 0 Å². The van der Waals surface area contributed by atoms with Crippen molar-refractivity contribution in [3.8, 4) is 0 Å². The maximum atomic E-state index is 3.90. The standard InChI is InChI=1S/C9H15/c1-7(2)6-9(5)8(3)4/h1,5-6H2,2-4H3. The lowest BCUT2D eigenvalue weighted by Gasteiger charge is -2.06. The molecule has 0 N–H and O–H groups in total. The van der Waals surface area contributed by atoms with Crippen LogP contribution in [-0.2, 0) is 0 Å². The van der Waals surface area contributed by atoms with Gasteiger partial charge in [0.05, 0.1) is 0 Å². The zero-order valence-electron chi connectivity index (χ0n) is 6.62. The molecule has 0 aliphatic rings. The van der Waals surface area contributed by atoms with Crippen LogP contribution in [0.3, 0.4) is 0 Å². The summed E-state index contributed by atoms with van der Waals surface area (Å²) >= 11 is 0. The van der Waals surface area contributed by atoms with Crippen molar-refractivity contribution in [1.29, 1.82) is 0 Å². The molecule has 0 atom stereocenters. The van der Waals surface area contributed by atoms with E-state index < -0.39 is 0 Å². The maximum absolute atomic E-state index is 3.90. The number of rotatable bonds is 3. The molecule has 0 aliphatic carbocycles. The van der Waals surface area contributed by atoms with Gasteiger partial charge < -0.3 is 0 Å². The van der Waals surface area contributed by atoms with Crippen LogP contribution in [0.1, 0.15) is 27.2 Å². The monoisotopic (exact) mass is 123 g/mol. The molecule has 0 bridgehead atoms. The summed E-state index contributed by atoms with van der Waals surface area (Å²) in [6.07, 6.45) is 0.947. The van der Waals surface area contributed by atoms with Crippen molar-refractivity contribution >= 4 is 0 Å². The second-order valence-electron chi connectivity index (χ2n) is 2.74. The van der Waals surface area contributed by atoms with E-state index in [-0.39, 0.29) is 0 Å². The first-order valence-electron chi connectivity index (χ1n) is 3.16. The number of hydrogen-bond acceptors (Lipinski definition) is 0. The summed E-state index contributed by atoms with van der Waals surface area (Å²) < 4.78 is 0. The zero-order chi connectivity index (χ0) is 7.44. The minimum Gasteiger partial charge on any atom is -0.0998 e. The third kappa shape index (κ3) is 4.01. The SMILES string of the molecule is C=C(C)CC(=C)[C](C)C. The molecule has 0 spiro atoms. The van der Waals surface area contributed by atoms with Gasteiger partial charge >= 0.3 is 0 Å². The van der Waals surface area contributed by atoms with E-state index >= 15 is 0 Å². The summed E-state index contributed by atoms with van der Waals surface area (Å²) in [6, 6.07) is 0. The molecule has 0 heterocycles. The van der Waals surface area contributed by atoms with Gasteiger partial charge in [-0.1, -0.05) is 38.2 Å². The summed E-state index contributed by atoms with van der Waals surface area (Å²) in [6.45, 7) is 13.9. The molecule has 1 radical (unpaired) electrons. The minimum atomic E-state index is 0.947. The third-order valence-corrected chi connectivity index (χ3v) is 1.22. The lowest BCUT2D eigenvalue weighted by Crippen LogP contribution is -1.89. The fourth-order valence-electron chi connectivity index (χ4n) is 0.541. The van der Waals surface area contributed by atoms with E-state index in [0.717, 1.165) is 6.42 Å². The highest BCUT2D eigenvalue weighted by atomic mass is 14.0. The molecule has 0 aliphatic heterocycles. The van der Waals surface area contributed by atoms with Gasteiger partial charge in [0.2, 0.25) is 0 Å². The summed E-state index contributed by atoms with van der Waals surface area (Å²) in [5.74, 6) is 1.30. The van der Waals surface area contributed by atoms with Crippen molar-refractivity contribution in [3.63, 3.8) is 0 Å². The Labute approximate surface area is 58.3 Å². The topological polar surface area (TPSA) is 0 Å². The molecule has 0 aromatic heterocycles. The molecule has 0 saturated carbocycles. The van der Waals surface area contributed by atoms with Crippen molar-refractivity contribution < 1.29 is 0 Å². The number of allylic oxidation sites excluding steroid dienone is 2. The molecule has 0 nitrogen and oxygen atoms in total. The Bertz CT molecular complexity index is 118. The normalized spacial score (nSPS) is 9.78. The van der Waals surface area contributed by atoms with Crippen LogP contribution in [0.5, 0.6) is 0 Å². The van der Waals surface area contributed by atoms with Crippen LogP contribution in [0, 0.1) is 5.92 Å². The molecule has 9 heavy (non-hydrogen) atoms. The third-order valence-electron chi connectivity index (χ3n) is 1.22. The molecule has 0 saturated heterocycles. The van der Waals surface area contributed by atoms with Crippen molar-refractivity contribution in [1.82, 2.24) is 0 Å². The highest BCUT2D eigenvalue weighted by Gasteiger charge is 1.98. The van der Waals surface area contributed by atoms with Crippen LogP contribution >= 0.6 is 0 Å². The summed E-state index contributed by atoms with van der Waals surface area (Å²) in [7, 11) is 0. The lowest BCUT2D eigenvalue weighted by atomic mass is 9.99. The van der Waals surface area contributed by atoms with Gasteiger partial charge in [0.1, 0.15) is 0 Å². The van der Waals surface area contributed by atoms with Crippen LogP contribution in [0.4, 0.5) is 0 Å². The van der Waals surface area contributed by atoms with Gasteiger partial charge in [-0.05, 0) is 19.3 Å². The molecular formula is C9H15. The molecule has 0 aromatic rings. The Balaban J connectivity index is 3.64. The molecule has 0 aromatic carbocycles. The average molecular weight is 123 g/mol. The van der Waals surface area contributed by atoms with Gasteiger partial charge in [-0.3, -0.25) is 0 Å². The van der Waals surface area contributed by atoms with Crippen LogP contribution in [-0.4, -0.2) is 0 Å². The van der Waals surface area contributed by atoms with E-state index in [1.807, 2.05) is 6.92 Å². The van der Waals surface area contributed by atoms with Gasteiger partial charge in [0, 0.05) is 0 Å². The molecule has 0 unspecified atom stereocenters. The smallest absolute Gasteiger partial charge is 0.00559 e. The second-order valence-corrected chi connectivity index (χ2v) is 2.74. The Morgan fingerprint density at radius 2 is 1.56 bits per heavy atom. The minimum absolute atomic E-state index is 0.947. The van der Waals surface area contributed by atoms with Gasteiger partial charge in [0.25, 0.3) is 0 Å². The Morgan fingerprint density at radius 1 is 1.11 bits per heavy atom. The van der Waals surface area contributed by atoms with Crippen LogP contribution in [0.2, 0.25) is 0 Å². The van der Waals surface area contributed by atoms with Crippen molar-refractivity contribution in [3.05, 3.63) is 30.2 Å². The van der Waals surface area contributed by atoms with Crippen molar-refractivity contribution in [2.45, 2.75) is 27.2 Å². The average Bonchev–Trinajstić information content (AvgIpc) is 1.63. The van der Waals surface area contributed by atoms with Crippen LogP contribution in [0.25, 0.3) is 0 Å². The van der Waals surface area contributed by atoms with E-state index in [1.165, 1.54) is 17.1 Å². The van der Waals surface area contributed by atoms with E-state index in [9.17, 15) is 0 Å². The van der Waals surface area contributed by atoms with Gasteiger partial charge in [-0.25, -0.2) is 0 Å². The Morgan fingerprint density at radius 3 is 1.67 bits per heavy atom. The van der Waals surface area contributed by atoms with Gasteiger partial charge in [0.15, 0.2) is 0 Å². The first-order chi connectivity index (χ1) is 4.04. The Kier molecular flexibility index (Phi) is 3.29. The van der Waals surface area contributed by atoms with E-state index in [2.05, 4.69) is 27.0 Å². The highest BCUT2D eigenvalue weighted by molar-refractivity contribution is 5.21. The van der Waals surface area contributed by atoms with Gasteiger partial charge in [-0.2, -0.15) is 0 Å². The first kappa shape index (κ1) is 8.48. The fourth-order valence-corrected chi connectivity index (χ4v) is 0.541. The maximum Gasteiger partial charge on any atom is -0.00559 e. The number of hydrogen-bond donors (Lipinski definition) is 0. The molecular weight excluding hydrogens is 108 g/mol. The predicted molar refractivity (Wildman–Crippen MR) is 43.2 cm³/mol. The van der Waals surface area contributed by atoms with Crippen molar-refractivity contribution in [2.75, 3.05) is 0 Å². The Hall–Kier alpha value is -0.520. The molecule has 51 valence electrons. The summed E-state index contributed by atoms with van der Waals surface area (Å²) in [5.41, 5.74) is 2.38. The quantitative estimate of drug-likeness (QED) is 0.506. The molecule has 0 fully saturated rings. The highest BCUT2D eigenvalue weighted by Crippen LogP contribution is 2.16. The van der Waals surface area contributed by atoms with E-state index in [0.29, 0.717) is 0 Å². The predicted octanol–water partition coefficient (Wildman–Crippen LogP) is 3.12. The van der Waals surface area contributed by atoms with Gasteiger partial charge in [-0.15, -0.1) is 0 Å². The van der Waals surface area contributed by atoms with Crippen LogP contribution in [0.15, 0.2) is 24.3 Å². The van der Waals surface area contributed by atoms with E-state index in [1.54, 1.807) is 0 Å². The largest absolute Gasteiger partial charge is 0.0998 e. The molecule has 0 amide bonds. The summed E-state index contributed by atoms with van der Waals surface area (Å²) in [4.78, 5) is 0. The van der Waals surface area contributed by atoms with E-state index in [4.69, 9.17) is 0 Å². The summed E-state index contributed by atoms with van der Waals surface area (Å²) in [5, 5.41) is 0.